The number of halogens is 2. The van der Waals surface area contributed by atoms with Crippen LogP contribution in [0.15, 0.2) is 65.7 Å². The Morgan fingerprint density at radius 1 is 0.964 bits per heavy atom. The number of benzene rings is 2. The Hall–Kier alpha value is -3.06. The van der Waals surface area contributed by atoms with E-state index in [9.17, 15) is 17.2 Å². The fourth-order valence-electron chi connectivity index (χ4n) is 3.09. The van der Waals surface area contributed by atoms with Crippen molar-refractivity contribution >= 4 is 21.2 Å². The van der Waals surface area contributed by atoms with Crippen molar-refractivity contribution in [3.63, 3.8) is 0 Å². The Labute approximate surface area is 161 Å². The second kappa shape index (κ2) is 6.83. The van der Waals surface area contributed by atoms with Gasteiger partial charge in [-0.15, -0.1) is 0 Å². The number of aromatic nitrogens is 1. The minimum atomic E-state index is -3.33. The monoisotopic (exact) mass is 399 g/mol. The highest BCUT2D eigenvalue weighted by molar-refractivity contribution is 7.90. The van der Waals surface area contributed by atoms with Crippen molar-refractivity contribution in [2.45, 2.75) is 11.3 Å². The molecule has 2 aromatic carbocycles. The number of allylic oxidation sites excluding steroid dienone is 1. The molecule has 0 radical (unpaired) electrons. The third-order valence-corrected chi connectivity index (χ3v) is 5.63. The molecule has 28 heavy (non-hydrogen) atoms. The Morgan fingerprint density at radius 3 is 2.32 bits per heavy atom. The van der Waals surface area contributed by atoms with Gasteiger partial charge in [0, 0.05) is 41.6 Å². The quantitative estimate of drug-likeness (QED) is 0.618. The molecule has 0 N–H and O–H groups in total. The first-order valence-corrected chi connectivity index (χ1v) is 10.3. The lowest BCUT2D eigenvalue weighted by molar-refractivity contribution is 0.494. The van der Waals surface area contributed by atoms with Gasteiger partial charge in [0.1, 0.15) is 17.3 Å². The summed E-state index contributed by atoms with van der Waals surface area (Å²) in [5, 5.41) is 0. The first kappa shape index (κ1) is 18.3. The Bertz CT molecular complexity index is 1190. The van der Waals surface area contributed by atoms with Gasteiger partial charge in [0.2, 0.25) is 5.95 Å². The second-order valence-electron chi connectivity index (χ2n) is 6.50. The highest BCUT2D eigenvalue weighted by atomic mass is 32.2. The topological polar surface area (TPSA) is 56.3 Å². The molecule has 4 nitrogen and oxygen atoms in total. The van der Waals surface area contributed by atoms with Gasteiger partial charge in [-0.05, 0) is 48.0 Å². The largest absolute Gasteiger partial charge is 0.456 e. The van der Waals surface area contributed by atoms with Crippen molar-refractivity contribution in [2.24, 2.45) is 0 Å². The lowest BCUT2D eigenvalue weighted by Crippen LogP contribution is -2.10. The number of nitrogens with zero attached hydrogens (tertiary/aromatic N) is 1. The molecule has 0 saturated carbocycles. The Kier molecular flexibility index (Phi) is 4.47. The van der Waals surface area contributed by atoms with E-state index in [0.717, 1.165) is 17.4 Å². The smallest absolute Gasteiger partial charge is 0.212 e. The van der Waals surface area contributed by atoms with E-state index >= 15 is 0 Å². The first-order valence-electron chi connectivity index (χ1n) is 8.43. The Morgan fingerprint density at radius 2 is 1.68 bits per heavy atom. The number of fused-ring (bicyclic) bond motifs is 1. The lowest BCUT2D eigenvalue weighted by Gasteiger charge is -2.24. The van der Waals surface area contributed by atoms with E-state index in [2.05, 4.69) is 4.98 Å². The van der Waals surface area contributed by atoms with Gasteiger partial charge in [-0.2, -0.15) is 4.39 Å². The molecule has 0 amide bonds. The fourth-order valence-corrected chi connectivity index (χ4v) is 3.72. The van der Waals surface area contributed by atoms with Crippen molar-refractivity contribution < 1.29 is 21.9 Å². The Balaban J connectivity index is 1.86. The molecule has 0 aliphatic carbocycles. The molecular weight excluding hydrogens is 384 g/mol. The van der Waals surface area contributed by atoms with Crippen LogP contribution in [0.1, 0.15) is 16.7 Å². The van der Waals surface area contributed by atoms with E-state index in [1.54, 1.807) is 24.3 Å². The molecule has 1 aromatic heterocycles. The summed E-state index contributed by atoms with van der Waals surface area (Å²) in [7, 11) is -3.33. The molecule has 0 fully saturated rings. The molecule has 0 saturated heterocycles. The van der Waals surface area contributed by atoms with Crippen molar-refractivity contribution in [1.29, 1.82) is 0 Å². The minimum absolute atomic E-state index is 0.184. The van der Waals surface area contributed by atoms with Crippen molar-refractivity contribution in [3.05, 3.63) is 89.2 Å². The third kappa shape index (κ3) is 3.53. The van der Waals surface area contributed by atoms with Crippen LogP contribution >= 0.6 is 0 Å². The van der Waals surface area contributed by atoms with E-state index in [1.165, 1.54) is 36.5 Å². The number of sulfone groups is 1. The normalized spacial score (nSPS) is 13.8. The van der Waals surface area contributed by atoms with Gasteiger partial charge < -0.3 is 4.74 Å². The summed E-state index contributed by atoms with van der Waals surface area (Å²) < 4.78 is 56.3. The number of ether oxygens (including phenoxy) is 1. The van der Waals surface area contributed by atoms with E-state index in [4.69, 9.17) is 4.74 Å². The molecule has 1 aliphatic rings. The van der Waals surface area contributed by atoms with Crippen LogP contribution in [-0.2, 0) is 16.3 Å². The van der Waals surface area contributed by atoms with Crippen LogP contribution in [0.4, 0.5) is 8.78 Å². The molecule has 142 valence electrons. The van der Waals surface area contributed by atoms with E-state index in [1.807, 2.05) is 0 Å². The summed E-state index contributed by atoms with van der Waals surface area (Å²) in [6.45, 7) is 0. The second-order valence-corrected chi connectivity index (χ2v) is 8.52. The number of rotatable bonds is 3. The average Bonchev–Trinajstić information content (AvgIpc) is 2.67. The molecule has 0 atom stereocenters. The van der Waals surface area contributed by atoms with Gasteiger partial charge in [0.15, 0.2) is 9.84 Å². The molecule has 4 rings (SSSR count). The summed E-state index contributed by atoms with van der Waals surface area (Å²) in [5.41, 5.74) is 2.83. The summed E-state index contributed by atoms with van der Waals surface area (Å²) in [6.07, 6.45) is 2.98. The minimum Gasteiger partial charge on any atom is -0.456 e. The highest BCUT2D eigenvalue weighted by Gasteiger charge is 2.23. The zero-order valence-electron chi connectivity index (χ0n) is 14.8. The summed E-state index contributed by atoms with van der Waals surface area (Å²) in [4.78, 5) is 3.89. The van der Waals surface area contributed by atoms with E-state index in [-0.39, 0.29) is 4.90 Å². The van der Waals surface area contributed by atoms with Gasteiger partial charge >= 0.3 is 0 Å². The van der Waals surface area contributed by atoms with Gasteiger partial charge in [-0.3, -0.25) is 0 Å². The van der Waals surface area contributed by atoms with Gasteiger partial charge in [-0.1, -0.05) is 6.07 Å². The van der Waals surface area contributed by atoms with Crippen LogP contribution < -0.4 is 4.74 Å². The number of hydrogen-bond acceptors (Lipinski definition) is 4. The number of hydrogen-bond donors (Lipinski definition) is 0. The molecule has 3 aromatic rings. The molecule has 7 heteroatoms. The highest BCUT2D eigenvalue weighted by Crippen LogP contribution is 2.39. The summed E-state index contributed by atoms with van der Waals surface area (Å²) in [6, 6.07) is 13.4. The molecule has 0 unspecified atom stereocenters. The molecule has 2 heterocycles. The SMILES string of the molecule is CS(=O)(=O)c1ccc(C2=C(c3ccc(F)nc3)Cc3ccc(F)cc3O2)cc1. The van der Waals surface area contributed by atoms with Crippen molar-refractivity contribution in [1.82, 2.24) is 4.98 Å². The maximum atomic E-state index is 13.7. The van der Waals surface area contributed by atoms with Crippen LogP contribution in [0.25, 0.3) is 11.3 Å². The van der Waals surface area contributed by atoms with E-state index < -0.39 is 21.6 Å². The van der Waals surface area contributed by atoms with Crippen LogP contribution in [0.3, 0.4) is 0 Å². The first-order chi connectivity index (χ1) is 13.3. The zero-order valence-corrected chi connectivity index (χ0v) is 15.6. The van der Waals surface area contributed by atoms with E-state index in [0.29, 0.717) is 29.1 Å². The van der Waals surface area contributed by atoms with Gasteiger partial charge in [0.05, 0.1) is 4.90 Å². The van der Waals surface area contributed by atoms with Gasteiger partial charge in [-0.25, -0.2) is 17.8 Å². The maximum absolute atomic E-state index is 13.7. The standard InChI is InChI=1S/C21H15F2NO3S/c1-28(25,26)17-7-3-13(4-8-17)21-18(15-5-9-20(23)24-12-15)10-14-2-6-16(22)11-19(14)27-21/h2-9,11-12H,10H2,1H3. The summed E-state index contributed by atoms with van der Waals surface area (Å²) in [5.74, 6) is -0.174. The van der Waals surface area contributed by atoms with Gasteiger partial charge in [0.25, 0.3) is 0 Å². The molecule has 0 spiro atoms. The zero-order chi connectivity index (χ0) is 19.9. The number of pyridine rings is 1. The molecular formula is C21H15F2NO3S. The van der Waals surface area contributed by atoms with Crippen LogP contribution in [0.5, 0.6) is 5.75 Å². The van der Waals surface area contributed by atoms with Crippen molar-refractivity contribution in [2.75, 3.05) is 6.26 Å². The summed E-state index contributed by atoms with van der Waals surface area (Å²) >= 11 is 0. The fraction of sp³-hybridized carbons (Fsp3) is 0.0952. The molecule has 1 aliphatic heterocycles. The molecule has 0 bridgehead atoms. The van der Waals surface area contributed by atoms with Crippen LogP contribution in [0, 0.1) is 11.8 Å². The average molecular weight is 399 g/mol. The van der Waals surface area contributed by atoms with Crippen LogP contribution in [-0.4, -0.2) is 19.7 Å². The maximum Gasteiger partial charge on any atom is 0.212 e. The van der Waals surface area contributed by atoms with Crippen LogP contribution in [0.2, 0.25) is 0 Å². The third-order valence-electron chi connectivity index (χ3n) is 4.50. The predicted octanol–water partition coefficient (Wildman–Crippen LogP) is 4.27. The predicted molar refractivity (Wildman–Crippen MR) is 101 cm³/mol. The lowest BCUT2D eigenvalue weighted by atomic mass is 9.93. The van der Waals surface area contributed by atoms with Crippen molar-refractivity contribution in [3.8, 4) is 5.75 Å².